The third-order valence-electron chi connectivity index (χ3n) is 5.40. The predicted molar refractivity (Wildman–Crippen MR) is 109 cm³/mol. The van der Waals surface area contributed by atoms with Crippen molar-refractivity contribution < 1.29 is 61.3 Å². The Bertz CT molecular complexity index is 826. The summed E-state index contributed by atoms with van der Waals surface area (Å²) in [4.78, 5) is 2.37. The number of halogens is 3. The van der Waals surface area contributed by atoms with Gasteiger partial charge in [-0.1, -0.05) is 30.3 Å². The van der Waals surface area contributed by atoms with Gasteiger partial charge in [0.1, 0.15) is 7.05 Å². The van der Waals surface area contributed by atoms with Gasteiger partial charge in [0.2, 0.25) is 5.69 Å². The Balaban J connectivity index is 0. The van der Waals surface area contributed by atoms with E-state index in [1.165, 1.54) is 28.2 Å². The van der Waals surface area contributed by atoms with Crippen molar-refractivity contribution in [3.05, 3.63) is 65.7 Å². The topological polar surface area (TPSA) is 6.25 Å². The van der Waals surface area contributed by atoms with Crippen LogP contribution >= 0.6 is 0 Å². The Morgan fingerprint density at radius 2 is 1.41 bits per heavy atom. The second kappa shape index (κ2) is 12.8. The summed E-state index contributed by atoms with van der Waals surface area (Å²) in [6.07, 6.45) is 4.50. The molecule has 0 unspecified atom stereocenters. The summed E-state index contributed by atoms with van der Waals surface area (Å²) in [6.45, 7) is 11.1. The summed E-state index contributed by atoms with van der Waals surface area (Å²) >= 11 is 0. The molecule has 29 heavy (non-hydrogen) atoms. The summed E-state index contributed by atoms with van der Waals surface area (Å²) in [6, 6.07) is 17.5. The molecule has 0 fully saturated rings. The third-order valence-corrected chi connectivity index (χ3v) is 5.40. The second-order valence-corrected chi connectivity index (χ2v) is 7.18. The normalized spacial score (nSPS) is 13.6. The van der Waals surface area contributed by atoms with Gasteiger partial charge in [-0.15, -0.1) is 0 Å². The molecule has 3 rings (SSSR count). The number of para-hydroxylation sites is 1. The zero-order valence-corrected chi connectivity index (χ0v) is 23.2. The molecule has 6 heteroatoms. The molecule has 0 saturated heterocycles. The number of hydrogen-bond donors (Lipinski definition) is 0. The van der Waals surface area contributed by atoms with Crippen molar-refractivity contribution in [2.75, 3.05) is 25.0 Å². The fraction of sp³-hybridized carbons (Fsp3) is 0.348. The Hall–Kier alpha value is -0.857. The number of rotatable bonds is 5. The molecule has 0 atom stereocenters. The Morgan fingerprint density at radius 1 is 0.862 bits per heavy atom. The first kappa shape index (κ1) is 30.3. The van der Waals surface area contributed by atoms with Crippen LogP contribution in [0.3, 0.4) is 0 Å². The van der Waals surface area contributed by atoms with Gasteiger partial charge in [-0.05, 0) is 51.5 Å². The first-order chi connectivity index (χ1) is 12.0. The van der Waals surface area contributed by atoms with Crippen molar-refractivity contribution in [2.45, 2.75) is 33.1 Å². The van der Waals surface area contributed by atoms with E-state index in [1.807, 2.05) is 0 Å². The maximum absolute atomic E-state index is 2.37. The van der Waals surface area contributed by atoms with Gasteiger partial charge in [-0.25, -0.2) is 0 Å². The van der Waals surface area contributed by atoms with Crippen LogP contribution in [-0.2, 0) is 24.9 Å². The van der Waals surface area contributed by atoms with Crippen molar-refractivity contribution in [1.82, 2.24) is 0 Å². The first-order valence-corrected chi connectivity index (χ1v) is 9.22. The third kappa shape index (κ3) is 6.08. The Morgan fingerprint density at radius 3 is 1.93 bits per heavy atom. The molecule has 0 spiro atoms. The average molecular weight is 505 g/mol. The van der Waals surface area contributed by atoms with Gasteiger partial charge in [0.15, 0.2) is 5.71 Å². The largest absolute Gasteiger partial charge is 2.00 e. The zero-order chi connectivity index (χ0) is 18.0. The molecule has 2 nitrogen and oxygen atoms in total. The van der Waals surface area contributed by atoms with Crippen molar-refractivity contribution >= 4 is 23.2 Å². The monoisotopic (exact) mass is 502 g/mol. The van der Waals surface area contributed by atoms with Crippen molar-refractivity contribution in [2.24, 2.45) is 0 Å². The van der Waals surface area contributed by atoms with Crippen LogP contribution in [0.15, 0.2) is 54.6 Å². The molecular weight excluding hydrogens is 476 g/mol. The van der Waals surface area contributed by atoms with E-state index in [2.05, 4.69) is 105 Å². The minimum Gasteiger partial charge on any atom is -1.00 e. The van der Waals surface area contributed by atoms with E-state index < -0.39 is 0 Å². The number of allylic oxidation sites excluding steroid dienone is 1. The SMILES string of the molecule is CCN(CC)c1ccc(/C=C/C2=[N+](C)c3ccccc3C2(C)C)cc1.[Cl-].[Cl-].[Cl-].[Zn+2]. The van der Waals surface area contributed by atoms with Crippen LogP contribution in [0.1, 0.15) is 38.8 Å². The summed E-state index contributed by atoms with van der Waals surface area (Å²) < 4.78 is 2.32. The molecule has 0 amide bonds. The van der Waals surface area contributed by atoms with E-state index >= 15 is 0 Å². The first-order valence-electron chi connectivity index (χ1n) is 9.22. The minimum absolute atomic E-state index is 0. The molecule has 0 bridgehead atoms. The number of hydrogen-bond acceptors (Lipinski definition) is 1. The minimum atomic E-state index is 0. The van der Waals surface area contributed by atoms with Gasteiger partial charge < -0.3 is 42.1 Å². The molecule has 1 heterocycles. The number of fused-ring (bicyclic) bond motifs is 1. The van der Waals surface area contributed by atoms with E-state index in [-0.39, 0.29) is 62.1 Å². The van der Waals surface area contributed by atoms with E-state index in [4.69, 9.17) is 0 Å². The van der Waals surface area contributed by atoms with Crippen molar-refractivity contribution in [1.29, 1.82) is 0 Å². The van der Waals surface area contributed by atoms with E-state index in [0.717, 1.165) is 13.1 Å². The molecular formula is C23H29Cl3N2Zn. The van der Waals surface area contributed by atoms with Crippen LogP contribution in [0.5, 0.6) is 0 Å². The van der Waals surface area contributed by atoms with Crippen LogP contribution < -0.4 is 42.1 Å². The van der Waals surface area contributed by atoms with Crippen LogP contribution in [-0.4, -0.2) is 30.4 Å². The molecule has 0 aliphatic carbocycles. The van der Waals surface area contributed by atoms with Crippen molar-refractivity contribution in [3.63, 3.8) is 0 Å². The van der Waals surface area contributed by atoms with Gasteiger partial charge in [0.05, 0.1) is 5.41 Å². The molecule has 1 aliphatic heterocycles. The fourth-order valence-electron chi connectivity index (χ4n) is 3.86. The predicted octanol–water partition coefficient (Wildman–Crippen LogP) is -3.74. The quantitative estimate of drug-likeness (QED) is 0.300. The van der Waals surface area contributed by atoms with Gasteiger partial charge in [-0.3, -0.25) is 0 Å². The van der Waals surface area contributed by atoms with Crippen LogP contribution in [0.4, 0.5) is 11.4 Å². The zero-order valence-electron chi connectivity index (χ0n) is 17.9. The smallest absolute Gasteiger partial charge is 1.00 e. The molecule has 2 aromatic rings. The van der Waals surface area contributed by atoms with Crippen LogP contribution in [0.2, 0.25) is 0 Å². The van der Waals surface area contributed by atoms with Gasteiger partial charge in [0.25, 0.3) is 0 Å². The van der Waals surface area contributed by atoms with Crippen LogP contribution in [0.25, 0.3) is 6.08 Å². The molecule has 154 valence electrons. The van der Waals surface area contributed by atoms with E-state index in [1.54, 1.807) is 0 Å². The Labute approximate surface area is 207 Å². The number of nitrogens with zero attached hydrogens (tertiary/aromatic N) is 2. The summed E-state index contributed by atoms with van der Waals surface area (Å²) in [5.74, 6) is 0. The van der Waals surface area contributed by atoms with E-state index in [0.29, 0.717) is 0 Å². The molecule has 1 aliphatic rings. The van der Waals surface area contributed by atoms with Crippen LogP contribution in [0, 0.1) is 0 Å². The summed E-state index contributed by atoms with van der Waals surface area (Å²) in [5, 5.41) is 0. The summed E-state index contributed by atoms with van der Waals surface area (Å²) in [7, 11) is 2.16. The average Bonchev–Trinajstić information content (AvgIpc) is 2.82. The molecule has 2 aromatic carbocycles. The fourth-order valence-corrected chi connectivity index (χ4v) is 3.86. The molecule has 0 aromatic heterocycles. The standard InChI is InChI=1S/C23H29N2.3ClH.Zn/c1-6-25(7-2)19-15-12-18(13-16-19)14-17-22-23(3,4)20-10-8-9-11-21(20)24(22)5;;;;/h8-17H,6-7H2,1-5H3;3*1H;/q+1;;;;+2/p-3. The molecule has 0 saturated carbocycles. The number of benzene rings is 2. The van der Waals surface area contributed by atoms with Gasteiger partial charge >= 0.3 is 19.5 Å². The summed E-state index contributed by atoms with van der Waals surface area (Å²) in [5.41, 5.74) is 6.60. The second-order valence-electron chi connectivity index (χ2n) is 7.18. The maximum Gasteiger partial charge on any atom is 2.00 e. The Kier molecular flexibility index (Phi) is 13.3. The van der Waals surface area contributed by atoms with Gasteiger partial charge in [0, 0.05) is 36.5 Å². The molecule has 0 N–H and O–H groups in total. The number of anilines is 1. The van der Waals surface area contributed by atoms with E-state index in [9.17, 15) is 0 Å². The molecule has 0 radical (unpaired) electrons. The van der Waals surface area contributed by atoms with Crippen molar-refractivity contribution in [3.8, 4) is 0 Å². The maximum atomic E-state index is 2.37. The van der Waals surface area contributed by atoms with Gasteiger partial charge in [-0.2, -0.15) is 4.58 Å².